The molecule has 3 rings (SSSR count). The minimum absolute atomic E-state index is 0. The summed E-state index contributed by atoms with van der Waals surface area (Å²) >= 11 is 0. The van der Waals surface area contributed by atoms with Crippen molar-refractivity contribution in [1.29, 1.82) is 0 Å². The first-order valence-corrected chi connectivity index (χ1v) is 8.80. The lowest BCUT2D eigenvalue weighted by Gasteiger charge is -2.34. The highest BCUT2D eigenvalue weighted by atomic mass is 19.4. The third-order valence-electron chi connectivity index (χ3n) is 5.76. The average Bonchev–Trinajstić information content (AvgIpc) is 2.55. The van der Waals surface area contributed by atoms with Gasteiger partial charge in [0.2, 0.25) is 0 Å². The lowest BCUT2D eigenvalue weighted by Crippen LogP contribution is -2.22. The molecule has 1 fully saturated rings. The van der Waals surface area contributed by atoms with Crippen LogP contribution in [0.15, 0.2) is 30.3 Å². The maximum atomic E-state index is 12.6. The summed E-state index contributed by atoms with van der Waals surface area (Å²) < 4.78 is 37.9. The Balaban J connectivity index is 0.00000208. The second kappa shape index (κ2) is 6.70. The third kappa shape index (κ3) is 3.99. The van der Waals surface area contributed by atoms with E-state index in [0.717, 1.165) is 36.2 Å². The molecule has 1 unspecified atom stereocenters. The molecule has 3 heteroatoms. The quantitative estimate of drug-likeness (QED) is 0.551. The van der Waals surface area contributed by atoms with Crippen LogP contribution in [0.1, 0.15) is 64.4 Å². The molecule has 2 aliphatic rings. The Kier molecular flexibility index (Phi) is 4.84. The van der Waals surface area contributed by atoms with Crippen LogP contribution < -0.4 is 0 Å². The molecule has 0 heterocycles. The van der Waals surface area contributed by atoms with Crippen LogP contribution in [0.25, 0.3) is 5.57 Å². The van der Waals surface area contributed by atoms with Crippen LogP contribution in [0.3, 0.4) is 0 Å². The van der Waals surface area contributed by atoms with E-state index in [9.17, 15) is 13.2 Å². The van der Waals surface area contributed by atoms with Gasteiger partial charge in [-0.05, 0) is 73.1 Å². The number of hydrogen-bond acceptors (Lipinski definition) is 0. The van der Waals surface area contributed by atoms with Gasteiger partial charge in [-0.3, -0.25) is 0 Å². The van der Waals surface area contributed by atoms with E-state index in [2.05, 4.69) is 13.0 Å². The third-order valence-corrected chi connectivity index (χ3v) is 5.76. The number of rotatable bonds is 2. The molecular weight excluding hydrogens is 297 g/mol. The second-order valence-corrected chi connectivity index (χ2v) is 7.36. The van der Waals surface area contributed by atoms with Crippen molar-refractivity contribution in [3.05, 3.63) is 41.5 Å². The predicted molar refractivity (Wildman–Crippen MR) is 90.0 cm³/mol. The summed E-state index contributed by atoms with van der Waals surface area (Å²) in [6.45, 7) is 2.35. The number of halogens is 3. The van der Waals surface area contributed by atoms with Gasteiger partial charge in [-0.1, -0.05) is 38.0 Å². The highest BCUT2D eigenvalue weighted by Crippen LogP contribution is 2.41. The van der Waals surface area contributed by atoms with Gasteiger partial charge in [0.1, 0.15) is 0 Å². The fraction of sp³-hybridized carbons (Fsp3) is 0.600. The topological polar surface area (TPSA) is 0 Å². The first-order chi connectivity index (χ1) is 10.9. The summed E-state index contributed by atoms with van der Waals surface area (Å²) in [5.41, 5.74) is 1.61. The van der Waals surface area contributed by atoms with Crippen molar-refractivity contribution >= 4 is 5.57 Å². The molecular formula is C20H27F3. The van der Waals surface area contributed by atoms with E-state index in [0.29, 0.717) is 0 Å². The molecule has 1 atom stereocenters. The molecule has 0 saturated heterocycles. The lowest BCUT2D eigenvalue weighted by molar-refractivity contribution is -0.137. The molecule has 1 aromatic rings. The van der Waals surface area contributed by atoms with E-state index in [1.165, 1.54) is 49.8 Å². The fourth-order valence-electron chi connectivity index (χ4n) is 4.18. The van der Waals surface area contributed by atoms with E-state index in [4.69, 9.17) is 0 Å². The molecule has 128 valence electrons. The molecule has 0 bridgehead atoms. The van der Waals surface area contributed by atoms with E-state index in [-0.39, 0.29) is 1.43 Å². The van der Waals surface area contributed by atoms with Gasteiger partial charge in [0.05, 0.1) is 5.56 Å². The largest absolute Gasteiger partial charge is 0.416 e. The lowest BCUT2D eigenvalue weighted by atomic mass is 9.71. The highest BCUT2D eigenvalue weighted by Gasteiger charge is 2.30. The number of benzene rings is 1. The Labute approximate surface area is 138 Å². The van der Waals surface area contributed by atoms with Gasteiger partial charge in [0, 0.05) is 1.43 Å². The van der Waals surface area contributed by atoms with Crippen molar-refractivity contribution in [2.24, 2.45) is 17.8 Å². The van der Waals surface area contributed by atoms with Crippen LogP contribution in [-0.4, -0.2) is 0 Å². The van der Waals surface area contributed by atoms with Gasteiger partial charge in [0.15, 0.2) is 0 Å². The SMILES string of the molecule is CC1CCC(C2CC=C(c3ccc(C(F)(F)F)cc3)CC2)CC1.[HH]. The van der Waals surface area contributed by atoms with E-state index in [1.807, 2.05) is 0 Å². The van der Waals surface area contributed by atoms with Crippen molar-refractivity contribution in [3.8, 4) is 0 Å². The maximum Gasteiger partial charge on any atom is 0.416 e. The Hall–Kier alpha value is -1.25. The van der Waals surface area contributed by atoms with Gasteiger partial charge in [0.25, 0.3) is 0 Å². The summed E-state index contributed by atoms with van der Waals surface area (Å²) in [4.78, 5) is 0. The van der Waals surface area contributed by atoms with Crippen LogP contribution >= 0.6 is 0 Å². The molecule has 0 aliphatic heterocycles. The molecule has 0 radical (unpaired) electrons. The zero-order valence-electron chi connectivity index (χ0n) is 13.7. The minimum atomic E-state index is -4.25. The Bertz CT molecular complexity index is 551. The number of hydrogen-bond donors (Lipinski definition) is 0. The number of allylic oxidation sites excluding steroid dienone is 2. The van der Waals surface area contributed by atoms with E-state index in [1.54, 1.807) is 12.1 Å². The smallest absolute Gasteiger partial charge is 0.166 e. The molecule has 1 aromatic carbocycles. The van der Waals surface area contributed by atoms with Gasteiger partial charge >= 0.3 is 6.18 Å². The monoisotopic (exact) mass is 324 g/mol. The molecule has 0 spiro atoms. The van der Waals surface area contributed by atoms with Crippen molar-refractivity contribution in [2.75, 3.05) is 0 Å². The summed E-state index contributed by atoms with van der Waals surface area (Å²) in [5.74, 6) is 2.52. The predicted octanol–water partition coefficient (Wildman–Crippen LogP) is 6.96. The molecule has 2 aliphatic carbocycles. The van der Waals surface area contributed by atoms with Crippen LogP contribution in [0.4, 0.5) is 13.2 Å². The summed E-state index contributed by atoms with van der Waals surface area (Å²) in [7, 11) is 0. The highest BCUT2D eigenvalue weighted by molar-refractivity contribution is 5.66. The van der Waals surface area contributed by atoms with Crippen LogP contribution in [0.5, 0.6) is 0 Å². The Morgan fingerprint density at radius 2 is 1.57 bits per heavy atom. The van der Waals surface area contributed by atoms with E-state index < -0.39 is 11.7 Å². The van der Waals surface area contributed by atoms with Gasteiger partial charge < -0.3 is 0 Å². The molecule has 0 amide bonds. The van der Waals surface area contributed by atoms with Crippen molar-refractivity contribution in [3.63, 3.8) is 0 Å². The molecule has 23 heavy (non-hydrogen) atoms. The van der Waals surface area contributed by atoms with E-state index >= 15 is 0 Å². The Morgan fingerprint density at radius 1 is 0.913 bits per heavy atom. The molecule has 0 N–H and O–H groups in total. The van der Waals surface area contributed by atoms with Crippen molar-refractivity contribution in [2.45, 2.75) is 58.0 Å². The first kappa shape index (κ1) is 16.6. The molecule has 0 aromatic heterocycles. The summed E-state index contributed by atoms with van der Waals surface area (Å²) in [6.07, 6.45) is 6.73. The summed E-state index contributed by atoms with van der Waals surface area (Å²) in [6, 6.07) is 5.64. The number of alkyl halides is 3. The van der Waals surface area contributed by atoms with Crippen LogP contribution in [0.2, 0.25) is 0 Å². The molecule has 0 nitrogen and oxygen atoms in total. The average molecular weight is 324 g/mol. The normalized spacial score (nSPS) is 29.2. The minimum Gasteiger partial charge on any atom is -0.166 e. The standard InChI is InChI=1S/C20H25F3.H2/c1-14-2-4-15(5-3-14)16-6-8-17(9-7-16)18-10-12-19(13-11-18)20(21,22)23;/h8,10-16H,2-7,9H2,1H3;1H. The van der Waals surface area contributed by atoms with Crippen LogP contribution in [-0.2, 0) is 6.18 Å². The Morgan fingerprint density at radius 3 is 2.09 bits per heavy atom. The zero-order valence-corrected chi connectivity index (χ0v) is 13.7. The van der Waals surface area contributed by atoms with Crippen LogP contribution in [0, 0.1) is 17.8 Å². The maximum absolute atomic E-state index is 12.6. The van der Waals surface area contributed by atoms with Crippen molar-refractivity contribution < 1.29 is 14.6 Å². The van der Waals surface area contributed by atoms with Gasteiger partial charge in [-0.15, -0.1) is 0 Å². The van der Waals surface area contributed by atoms with Crippen molar-refractivity contribution in [1.82, 2.24) is 0 Å². The van der Waals surface area contributed by atoms with Gasteiger partial charge in [-0.2, -0.15) is 13.2 Å². The summed E-state index contributed by atoms with van der Waals surface area (Å²) in [5, 5.41) is 0. The first-order valence-electron chi connectivity index (χ1n) is 8.80. The second-order valence-electron chi connectivity index (χ2n) is 7.36. The van der Waals surface area contributed by atoms with Gasteiger partial charge in [-0.25, -0.2) is 0 Å². The molecule has 1 saturated carbocycles. The fourth-order valence-corrected chi connectivity index (χ4v) is 4.18. The zero-order chi connectivity index (χ0) is 16.4.